The summed E-state index contributed by atoms with van der Waals surface area (Å²) in [5.41, 5.74) is 4.72. The molecule has 3 aromatic rings. The van der Waals surface area contributed by atoms with Crippen molar-refractivity contribution in [3.63, 3.8) is 0 Å². The lowest BCUT2D eigenvalue weighted by atomic mass is 9.95. The van der Waals surface area contributed by atoms with E-state index >= 15 is 0 Å². The molecule has 0 saturated carbocycles. The van der Waals surface area contributed by atoms with E-state index in [-0.39, 0.29) is 23.1 Å². The van der Waals surface area contributed by atoms with Crippen LogP contribution in [0.3, 0.4) is 0 Å². The lowest BCUT2D eigenvalue weighted by molar-refractivity contribution is -0.118. The number of nitrogens with zero attached hydrogens (tertiary/aromatic N) is 2. The van der Waals surface area contributed by atoms with Gasteiger partial charge in [-0.05, 0) is 53.9 Å². The molecular formula is C27H29N3O2S. The van der Waals surface area contributed by atoms with E-state index in [2.05, 4.69) is 5.32 Å². The van der Waals surface area contributed by atoms with E-state index < -0.39 is 0 Å². The lowest BCUT2D eigenvalue weighted by Crippen LogP contribution is -2.28. The van der Waals surface area contributed by atoms with E-state index in [1.807, 2.05) is 110 Å². The molecule has 3 aromatic carbocycles. The van der Waals surface area contributed by atoms with E-state index in [9.17, 15) is 9.59 Å². The normalized spacial score (nSPS) is 16.5. The first-order valence-corrected chi connectivity index (χ1v) is 12.2. The second-order valence-corrected chi connectivity index (χ2v) is 9.39. The van der Waals surface area contributed by atoms with Gasteiger partial charge in [-0.3, -0.25) is 14.5 Å². The lowest BCUT2D eigenvalue weighted by Gasteiger charge is -2.25. The van der Waals surface area contributed by atoms with Gasteiger partial charge in [-0.15, -0.1) is 11.8 Å². The molecule has 33 heavy (non-hydrogen) atoms. The van der Waals surface area contributed by atoms with Crippen LogP contribution in [0.25, 0.3) is 0 Å². The first-order valence-electron chi connectivity index (χ1n) is 11.1. The molecule has 1 aliphatic heterocycles. The molecule has 0 unspecified atom stereocenters. The highest BCUT2D eigenvalue weighted by Gasteiger charge is 2.34. The number of carbonyl (C=O) groups is 2. The standard InChI is InChI=1S/C27H29N3O2S/c1-4-24(19-9-6-5-7-10-19)26(32)28-21-12-8-11-20(17-21)27-30(25(31)18-33-27)23-15-13-22(14-16-23)29(2)3/h5-17,24,27H,4,18H2,1-3H3,(H,28,32)/t24-,27-/m0/s1. The maximum absolute atomic E-state index is 13.0. The molecule has 4 rings (SSSR count). The SMILES string of the molecule is CC[C@H](C(=O)Nc1cccc([C@@H]2SCC(=O)N2c2ccc(N(C)C)cc2)c1)c1ccccc1. The Balaban J connectivity index is 1.55. The molecule has 2 atom stereocenters. The van der Waals surface area contributed by atoms with Crippen LogP contribution in [0.4, 0.5) is 17.1 Å². The van der Waals surface area contributed by atoms with Gasteiger partial charge in [0, 0.05) is 31.2 Å². The summed E-state index contributed by atoms with van der Waals surface area (Å²) in [7, 11) is 3.99. The summed E-state index contributed by atoms with van der Waals surface area (Å²) in [6, 6.07) is 25.7. The van der Waals surface area contributed by atoms with Crippen LogP contribution < -0.4 is 15.1 Å². The van der Waals surface area contributed by atoms with Gasteiger partial charge in [-0.2, -0.15) is 0 Å². The number of thioether (sulfide) groups is 1. The van der Waals surface area contributed by atoms with Crippen LogP contribution in [0, 0.1) is 0 Å². The van der Waals surface area contributed by atoms with Gasteiger partial charge in [0.15, 0.2) is 0 Å². The molecule has 0 spiro atoms. The van der Waals surface area contributed by atoms with Gasteiger partial charge in [0.25, 0.3) is 0 Å². The van der Waals surface area contributed by atoms with E-state index in [0.717, 1.165) is 34.6 Å². The first-order chi connectivity index (χ1) is 16.0. The van der Waals surface area contributed by atoms with Crippen molar-refractivity contribution in [2.45, 2.75) is 24.6 Å². The topological polar surface area (TPSA) is 52.7 Å². The smallest absolute Gasteiger partial charge is 0.238 e. The molecule has 1 heterocycles. The Morgan fingerprint density at radius 1 is 1.06 bits per heavy atom. The number of nitrogens with one attached hydrogen (secondary N) is 1. The summed E-state index contributed by atoms with van der Waals surface area (Å²) in [6.45, 7) is 2.02. The van der Waals surface area contributed by atoms with Crippen molar-refractivity contribution >= 4 is 40.6 Å². The summed E-state index contributed by atoms with van der Waals surface area (Å²) in [4.78, 5) is 29.7. The molecule has 0 aromatic heterocycles. The third-order valence-corrected chi connectivity index (χ3v) is 7.09. The summed E-state index contributed by atoms with van der Waals surface area (Å²) in [5.74, 6) is 0.297. The highest BCUT2D eigenvalue weighted by molar-refractivity contribution is 8.00. The summed E-state index contributed by atoms with van der Waals surface area (Å²) in [6.07, 6.45) is 0.721. The minimum atomic E-state index is -0.205. The van der Waals surface area contributed by atoms with Gasteiger partial charge < -0.3 is 10.2 Å². The number of benzene rings is 3. The van der Waals surface area contributed by atoms with E-state index in [1.54, 1.807) is 11.8 Å². The van der Waals surface area contributed by atoms with Gasteiger partial charge in [0.05, 0.1) is 11.7 Å². The van der Waals surface area contributed by atoms with Gasteiger partial charge in [-0.1, -0.05) is 49.4 Å². The Morgan fingerprint density at radius 3 is 2.45 bits per heavy atom. The first kappa shape index (κ1) is 22.9. The van der Waals surface area contributed by atoms with Gasteiger partial charge in [0.2, 0.25) is 11.8 Å². The zero-order valence-corrected chi connectivity index (χ0v) is 20.0. The molecule has 6 heteroatoms. The Hall–Kier alpha value is -3.25. The van der Waals surface area contributed by atoms with Crippen LogP contribution in [-0.2, 0) is 9.59 Å². The van der Waals surface area contributed by atoms with Gasteiger partial charge >= 0.3 is 0 Å². The summed E-state index contributed by atoms with van der Waals surface area (Å²) >= 11 is 1.61. The van der Waals surface area contributed by atoms with E-state index in [1.165, 1.54) is 0 Å². The zero-order valence-electron chi connectivity index (χ0n) is 19.2. The average molecular weight is 460 g/mol. The molecule has 1 fully saturated rings. The van der Waals surface area contributed by atoms with Crippen LogP contribution in [0.5, 0.6) is 0 Å². The molecule has 0 bridgehead atoms. The minimum absolute atomic E-state index is 0.0212. The van der Waals surface area contributed by atoms with Crippen LogP contribution in [0.1, 0.15) is 35.8 Å². The maximum Gasteiger partial charge on any atom is 0.238 e. The number of hydrogen-bond acceptors (Lipinski definition) is 4. The Kier molecular flexibility index (Phi) is 7.04. The van der Waals surface area contributed by atoms with Crippen LogP contribution >= 0.6 is 11.8 Å². The van der Waals surface area contributed by atoms with Crippen molar-refractivity contribution in [1.29, 1.82) is 0 Å². The van der Waals surface area contributed by atoms with Crippen molar-refractivity contribution in [2.75, 3.05) is 35.0 Å². The van der Waals surface area contributed by atoms with Crippen LogP contribution in [0.15, 0.2) is 78.9 Å². The molecule has 1 saturated heterocycles. The van der Waals surface area contributed by atoms with Crippen LogP contribution in [0.2, 0.25) is 0 Å². The maximum atomic E-state index is 13.0. The van der Waals surface area contributed by atoms with Crippen molar-refractivity contribution in [3.05, 3.63) is 90.0 Å². The molecule has 0 radical (unpaired) electrons. The van der Waals surface area contributed by atoms with Crippen molar-refractivity contribution in [2.24, 2.45) is 0 Å². The number of carbonyl (C=O) groups excluding carboxylic acids is 2. The molecule has 170 valence electrons. The largest absolute Gasteiger partial charge is 0.378 e. The van der Waals surface area contributed by atoms with Gasteiger partial charge in [0.1, 0.15) is 5.37 Å². The summed E-state index contributed by atoms with van der Waals surface area (Å²) < 4.78 is 0. The third kappa shape index (κ3) is 5.06. The fourth-order valence-corrected chi connectivity index (χ4v) is 5.29. The highest BCUT2D eigenvalue weighted by Crippen LogP contribution is 2.42. The predicted octanol–water partition coefficient (Wildman–Crippen LogP) is 5.66. The molecular weight excluding hydrogens is 430 g/mol. The van der Waals surface area contributed by atoms with Gasteiger partial charge in [-0.25, -0.2) is 0 Å². The molecule has 1 N–H and O–H groups in total. The number of anilines is 3. The molecule has 2 amide bonds. The highest BCUT2D eigenvalue weighted by atomic mass is 32.2. The molecule has 5 nitrogen and oxygen atoms in total. The van der Waals surface area contributed by atoms with Crippen molar-refractivity contribution < 1.29 is 9.59 Å². The van der Waals surface area contributed by atoms with Crippen LogP contribution in [-0.4, -0.2) is 31.7 Å². The van der Waals surface area contributed by atoms with E-state index in [4.69, 9.17) is 0 Å². The number of hydrogen-bond donors (Lipinski definition) is 1. The number of rotatable bonds is 7. The monoisotopic (exact) mass is 459 g/mol. The molecule has 1 aliphatic rings. The average Bonchev–Trinajstić information content (AvgIpc) is 3.22. The Labute approximate surface area is 199 Å². The minimum Gasteiger partial charge on any atom is -0.378 e. The second-order valence-electron chi connectivity index (χ2n) is 8.32. The van der Waals surface area contributed by atoms with Crippen molar-refractivity contribution in [1.82, 2.24) is 0 Å². The Morgan fingerprint density at radius 2 is 1.79 bits per heavy atom. The third-order valence-electron chi connectivity index (χ3n) is 5.88. The fraction of sp³-hybridized carbons (Fsp3) is 0.259. The Bertz CT molecular complexity index is 1120. The summed E-state index contributed by atoms with van der Waals surface area (Å²) in [5, 5.41) is 2.95. The molecule has 0 aliphatic carbocycles. The quantitative estimate of drug-likeness (QED) is 0.495. The zero-order chi connectivity index (χ0) is 23.4. The fourth-order valence-electron chi connectivity index (χ4n) is 4.12. The van der Waals surface area contributed by atoms with Crippen molar-refractivity contribution in [3.8, 4) is 0 Å². The number of amides is 2. The second kappa shape index (κ2) is 10.1. The predicted molar refractivity (Wildman–Crippen MR) is 138 cm³/mol. The van der Waals surface area contributed by atoms with E-state index in [0.29, 0.717) is 5.75 Å².